The molecule has 1 saturated heterocycles. The van der Waals surface area contributed by atoms with E-state index in [1.807, 2.05) is 0 Å². The summed E-state index contributed by atoms with van der Waals surface area (Å²) in [4.78, 5) is 14.8. The largest absolute Gasteiger partial charge is 0.481 e. The van der Waals surface area contributed by atoms with Crippen molar-refractivity contribution in [2.75, 3.05) is 19.6 Å². The maximum absolute atomic E-state index is 13.2. The van der Waals surface area contributed by atoms with Gasteiger partial charge in [-0.05, 0) is 51.2 Å². The quantitative estimate of drug-likeness (QED) is 0.834. The van der Waals surface area contributed by atoms with Crippen molar-refractivity contribution in [3.8, 4) is 5.75 Å². The Labute approximate surface area is 154 Å². The number of amides is 1. The van der Waals surface area contributed by atoms with Crippen LogP contribution in [-0.2, 0) is 4.79 Å². The number of carbonyl (C=O) groups is 1. The number of benzene rings is 1. The van der Waals surface area contributed by atoms with Gasteiger partial charge in [0.1, 0.15) is 5.75 Å². The first kappa shape index (κ1) is 20.6. The number of carbonyl (C=O) groups excluding carboxylic acids is 1. The predicted molar refractivity (Wildman–Crippen MR) is 98.1 cm³/mol. The molecular weight excluding hydrogens is 338 g/mol. The van der Waals surface area contributed by atoms with Crippen molar-refractivity contribution in [2.24, 2.45) is 11.8 Å². The lowest BCUT2D eigenvalue weighted by atomic mass is 9.88. The van der Waals surface area contributed by atoms with E-state index >= 15 is 0 Å². The van der Waals surface area contributed by atoms with E-state index < -0.39 is 17.7 Å². The van der Waals surface area contributed by atoms with Crippen molar-refractivity contribution in [1.29, 1.82) is 0 Å². The topological polar surface area (TPSA) is 41.6 Å². The molecule has 1 heterocycles. The Morgan fingerprint density at radius 3 is 2.46 bits per heavy atom. The zero-order valence-corrected chi connectivity index (χ0v) is 16.3. The predicted octanol–water partition coefficient (Wildman–Crippen LogP) is 3.60. The van der Waals surface area contributed by atoms with Gasteiger partial charge < -0.3 is 10.1 Å². The van der Waals surface area contributed by atoms with Gasteiger partial charge >= 0.3 is 0 Å². The van der Waals surface area contributed by atoms with E-state index in [4.69, 9.17) is 4.74 Å². The van der Waals surface area contributed by atoms with Gasteiger partial charge in [0.05, 0.1) is 0 Å². The molecule has 6 heteroatoms. The average Bonchev–Trinajstić information content (AvgIpc) is 2.55. The van der Waals surface area contributed by atoms with Gasteiger partial charge in [0.2, 0.25) is 0 Å². The lowest BCUT2D eigenvalue weighted by molar-refractivity contribution is -0.128. The molecular formula is C20H30F2N2O2. The number of ether oxygens (including phenoxy) is 1. The average molecular weight is 368 g/mol. The number of piperidine rings is 1. The Morgan fingerprint density at radius 1 is 1.27 bits per heavy atom. The molecule has 2 rings (SSSR count). The van der Waals surface area contributed by atoms with Gasteiger partial charge in [-0.2, -0.15) is 0 Å². The Morgan fingerprint density at radius 2 is 1.88 bits per heavy atom. The molecule has 0 radical (unpaired) electrons. The molecule has 1 aromatic carbocycles. The van der Waals surface area contributed by atoms with Crippen LogP contribution < -0.4 is 10.1 Å². The molecule has 26 heavy (non-hydrogen) atoms. The highest BCUT2D eigenvalue weighted by Crippen LogP contribution is 2.27. The molecule has 1 aliphatic rings. The molecule has 1 aliphatic heterocycles. The van der Waals surface area contributed by atoms with Gasteiger partial charge in [0.15, 0.2) is 17.7 Å². The summed E-state index contributed by atoms with van der Waals surface area (Å²) >= 11 is 0. The summed E-state index contributed by atoms with van der Waals surface area (Å²) in [6.45, 7) is 12.9. The number of hydrogen-bond donors (Lipinski definition) is 1. The van der Waals surface area contributed by atoms with Crippen LogP contribution in [0.2, 0.25) is 0 Å². The third-order valence-electron chi connectivity index (χ3n) is 4.99. The highest BCUT2D eigenvalue weighted by molar-refractivity contribution is 5.80. The summed E-state index contributed by atoms with van der Waals surface area (Å²) < 4.78 is 31.6. The molecule has 3 atom stereocenters. The highest BCUT2D eigenvalue weighted by atomic mass is 19.2. The van der Waals surface area contributed by atoms with Gasteiger partial charge in [-0.3, -0.25) is 9.69 Å². The number of halogens is 2. The molecule has 1 aromatic rings. The summed E-state index contributed by atoms with van der Waals surface area (Å²) in [5.41, 5.74) is -0.166. The third kappa shape index (κ3) is 5.40. The van der Waals surface area contributed by atoms with Gasteiger partial charge in [0, 0.05) is 31.2 Å². The fourth-order valence-electron chi connectivity index (χ4n) is 3.52. The summed E-state index contributed by atoms with van der Waals surface area (Å²) in [7, 11) is 0. The van der Waals surface area contributed by atoms with Crippen LogP contribution in [0.25, 0.3) is 0 Å². The maximum Gasteiger partial charge on any atom is 0.260 e. The second kappa shape index (κ2) is 8.33. The SMILES string of the molecule is CC1CC(C)CN(C(C)(C)CNC(=O)C(C)Oc2ccc(F)c(F)c2)C1. The van der Waals surface area contributed by atoms with Crippen LogP contribution >= 0.6 is 0 Å². The van der Waals surface area contributed by atoms with E-state index in [1.165, 1.54) is 12.5 Å². The zero-order valence-electron chi connectivity index (χ0n) is 16.3. The Hall–Kier alpha value is -1.69. The van der Waals surface area contributed by atoms with E-state index in [1.54, 1.807) is 6.92 Å². The van der Waals surface area contributed by atoms with Crippen LogP contribution in [0.15, 0.2) is 18.2 Å². The molecule has 0 aliphatic carbocycles. The summed E-state index contributed by atoms with van der Waals surface area (Å²) in [6.07, 6.45) is 0.438. The first-order valence-corrected chi connectivity index (χ1v) is 9.23. The lowest BCUT2D eigenvalue weighted by Gasteiger charge is -2.45. The van der Waals surface area contributed by atoms with E-state index in [2.05, 4.69) is 37.9 Å². The number of likely N-dealkylation sites (tertiary alicyclic amines) is 1. The minimum absolute atomic E-state index is 0.129. The van der Waals surface area contributed by atoms with Crippen molar-refractivity contribution in [3.05, 3.63) is 29.8 Å². The molecule has 0 saturated carbocycles. The molecule has 1 N–H and O–H groups in total. The van der Waals surface area contributed by atoms with Crippen LogP contribution in [-0.4, -0.2) is 42.1 Å². The van der Waals surface area contributed by atoms with Crippen molar-refractivity contribution in [1.82, 2.24) is 10.2 Å². The molecule has 1 fully saturated rings. The van der Waals surface area contributed by atoms with Gasteiger partial charge in [-0.1, -0.05) is 13.8 Å². The molecule has 0 aromatic heterocycles. The first-order valence-electron chi connectivity index (χ1n) is 9.23. The lowest BCUT2D eigenvalue weighted by Crippen LogP contribution is -2.57. The minimum Gasteiger partial charge on any atom is -0.481 e. The standard InChI is InChI=1S/C20H30F2N2O2/c1-13-8-14(2)11-24(10-13)20(4,5)12-23-19(25)15(3)26-16-6-7-17(21)18(22)9-16/h6-7,9,13-15H,8,10-12H2,1-5H3,(H,23,25). The van der Waals surface area contributed by atoms with Crippen LogP contribution in [0.3, 0.4) is 0 Å². The van der Waals surface area contributed by atoms with E-state index in [0.717, 1.165) is 25.2 Å². The minimum atomic E-state index is -0.996. The zero-order chi connectivity index (χ0) is 19.5. The first-order chi connectivity index (χ1) is 12.1. The third-order valence-corrected chi connectivity index (χ3v) is 4.99. The number of nitrogens with one attached hydrogen (secondary N) is 1. The Kier molecular flexibility index (Phi) is 6.61. The van der Waals surface area contributed by atoms with Crippen LogP contribution in [0.4, 0.5) is 8.78 Å². The van der Waals surface area contributed by atoms with Gasteiger partial charge in [-0.25, -0.2) is 8.78 Å². The summed E-state index contributed by atoms with van der Waals surface area (Å²) in [5.74, 6) is -0.801. The summed E-state index contributed by atoms with van der Waals surface area (Å²) in [5, 5.41) is 2.92. The second-order valence-electron chi connectivity index (χ2n) is 8.22. The second-order valence-corrected chi connectivity index (χ2v) is 8.22. The molecule has 146 valence electrons. The molecule has 1 amide bonds. The van der Waals surface area contributed by atoms with Crippen molar-refractivity contribution < 1.29 is 18.3 Å². The normalized spacial score (nSPS) is 22.7. The number of nitrogens with zero attached hydrogens (tertiary/aromatic N) is 1. The monoisotopic (exact) mass is 368 g/mol. The maximum atomic E-state index is 13.2. The highest BCUT2D eigenvalue weighted by Gasteiger charge is 2.33. The molecule has 4 nitrogen and oxygen atoms in total. The van der Waals surface area contributed by atoms with E-state index in [0.29, 0.717) is 18.4 Å². The number of hydrogen-bond acceptors (Lipinski definition) is 3. The van der Waals surface area contributed by atoms with E-state index in [9.17, 15) is 13.6 Å². The van der Waals surface area contributed by atoms with Gasteiger partial charge in [0.25, 0.3) is 5.91 Å². The van der Waals surface area contributed by atoms with Crippen LogP contribution in [0, 0.1) is 23.5 Å². The molecule has 3 unspecified atom stereocenters. The van der Waals surface area contributed by atoms with Crippen molar-refractivity contribution >= 4 is 5.91 Å². The molecule has 0 bridgehead atoms. The van der Waals surface area contributed by atoms with E-state index in [-0.39, 0.29) is 17.2 Å². The van der Waals surface area contributed by atoms with Crippen molar-refractivity contribution in [2.45, 2.75) is 52.7 Å². The fraction of sp³-hybridized carbons (Fsp3) is 0.650. The van der Waals surface area contributed by atoms with Crippen molar-refractivity contribution in [3.63, 3.8) is 0 Å². The fourth-order valence-corrected chi connectivity index (χ4v) is 3.52. The number of rotatable bonds is 6. The van der Waals surface area contributed by atoms with Crippen LogP contribution in [0.5, 0.6) is 5.75 Å². The molecule has 0 spiro atoms. The smallest absolute Gasteiger partial charge is 0.260 e. The Balaban J connectivity index is 1.88. The van der Waals surface area contributed by atoms with Gasteiger partial charge in [-0.15, -0.1) is 0 Å². The summed E-state index contributed by atoms with van der Waals surface area (Å²) in [6, 6.07) is 3.24. The van der Waals surface area contributed by atoms with Crippen LogP contribution in [0.1, 0.15) is 41.0 Å². The Bertz CT molecular complexity index is 626.